The van der Waals surface area contributed by atoms with Gasteiger partial charge in [0, 0.05) is 7.11 Å². The largest absolute Gasteiger partial charge is 0.464 e. The van der Waals surface area contributed by atoms with Crippen LogP contribution in [0.2, 0.25) is 0 Å². The number of nitrogens with zero attached hydrogens (tertiary/aromatic N) is 3. The van der Waals surface area contributed by atoms with Gasteiger partial charge in [-0.2, -0.15) is 0 Å². The minimum absolute atomic E-state index is 0.208. The molecule has 1 aromatic heterocycles. The average Bonchev–Trinajstić information content (AvgIpc) is 2.60. The van der Waals surface area contributed by atoms with Crippen LogP contribution in [0.25, 0.3) is 0 Å². The molecule has 0 saturated heterocycles. The van der Waals surface area contributed by atoms with Crippen molar-refractivity contribution in [2.45, 2.75) is 32.9 Å². The highest BCUT2D eigenvalue weighted by Gasteiger charge is 2.26. The van der Waals surface area contributed by atoms with Crippen molar-refractivity contribution in [3.8, 4) is 0 Å². The lowest BCUT2D eigenvalue weighted by Crippen LogP contribution is -2.26. The zero-order chi connectivity index (χ0) is 12.3. The second-order valence-electron chi connectivity index (χ2n) is 4.39. The Kier molecular flexibility index (Phi) is 3.64. The van der Waals surface area contributed by atoms with Crippen molar-refractivity contribution in [3.05, 3.63) is 11.4 Å². The predicted molar refractivity (Wildman–Crippen MR) is 57.1 cm³/mol. The van der Waals surface area contributed by atoms with Gasteiger partial charge in [0.25, 0.3) is 0 Å². The first kappa shape index (κ1) is 12.6. The van der Waals surface area contributed by atoms with Crippen molar-refractivity contribution in [3.63, 3.8) is 0 Å². The van der Waals surface area contributed by atoms with Crippen LogP contribution in [-0.4, -0.2) is 35.2 Å². The highest BCUT2D eigenvalue weighted by Crippen LogP contribution is 2.18. The van der Waals surface area contributed by atoms with Gasteiger partial charge >= 0.3 is 5.97 Å². The first-order valence-electron chi connectivity index (χ1n) is 4.94. The molecule has 0 saturated carbocycles. The van der Waals surface area contributed by atoms with Crippen LogP contribution in [0.1, 0.15) is 37.0 Å². The van der Waals surface area contributed by atoms with Crippen LogP contribution in [0.4, 0.5) is 0 Å². The molecule has 16 heavy (non-hydrogen) atoms. The highest BCUT2D eigenvalue weighted by atomic mass is 16.5. The van der Waals surface area contributed by atoms with Gasteiger partial charge in [-0.15, -0.1) is 5.10 Å². The Hall–Kier alpha value is -1.43. The van der Waals surface area contributed by atoms with E-state index in [1.807, 2.05) is 20.8 Å². The van der Waals surface area contributed by atoms with Crippen LogP contribution in [0.3, 0.4) is 0 Å². The highest BCUT2D eigenvalue weighted by molar-refractivity contribution is 5.88. The van der Waals surface area contributed by atoms with Gasteiger partial charge in [0.1, 0.15) is 0 Å². The number of esters is 1. The molecular weight excluding hydrogens is 210 g/mol. The molecule has 90 valence electrons. The number of hydrogen-bond acceptors (Lipinski definition) is 5. The number of carbonyl (C=O) groups excluding carboxylic acids is 1. The van der Waals surface area contributed by atoms with Crippen LogP contribution < -0.4 is 0 Å². The zero-order valence-electron chi connectivity index (χ0n) is 10.3. The molecule has 0 radical (unpaired) electrons. The fourth-order valence-corrected chi connectivity index (χ4v) is 1.36. The SMILES string of the molecule is COCc1c(C(=O)OC)nnn1C(C)(C)C. The molecule has 6 nitrogen and oxygen atoms in total. The molecule has 0 aliphatic carbocycles. The Bertz CT molecular complexity index is 379. The maximum Gasteiger partial charge on any atom is 0.360 e. The molecule has 1 heterocycles. The van der Waals surface area contributed by atoms with Crippen LogP contribution in [0.5, 0.6) is 0 Å². The van der Waals surface area contributed by atoms with Crippen LogP contribution in [-0.2, 0) is 21.6 Å². The summed E-state index contributed by atoms with van der Waals surface area (Å²) < 4.78 is 11.4. The topological polar surface area (TPSA) is 66.2 Å². The van der Waals surface area contributed by atoms with Crippen LogP contribution in [0.15, 0.2) is 0 Å². The number of methoxy groups -OCH3 is 2. The van der Waals surface area contributed by atoms with Crippen molar-refractivity contribution < 1.29 is 14.3 Å². The third-order valence-corrected chi connectivity index (χ3v) is 2.06. The molecular formula is C10H17N3O3. The van der Waals surface area contributed by atoms with E-state index in [-0.39, 0.29) is 17.8 Å². The smallest absolute Gasteiger partial charge is 0.360 e. The van der Waals surface area contributed by atoms with Crippen molar-refractivity contribution >= 4 is 5.97 Å². The van der Waals surface area contributed by atoms with Gasteiger partial charge in [-0.25, -0.2) is 9.48 Å². The number of aromatic nitrogens is 3. The summed E-state index contributed by atoms with van der Waals surface area (Å²) in [6.45, 7) is 6.19. The van der Waals surface area contributed by atoms with Crippen molar-refractivity contribution in [1.29, 1.82) is 0 Å². The molecule has 0 unspecified atom stereocenters. The van der Waals surface area contributed by atoms with Gasteiger partial charge in [0.05, 0.1) is 24.9 Å². The molecule has 0 fully saturated rings. The van der Waals surface area contributed by atoms with Gasteiger partial charge in [0.15, 0.2) is 5.69 Å². The van der Waals surface area contributed by atoms with E-state index in [0.29, 0.717) is 5.69 Å². The Morgan fingerprint density at radius 3 is 2.44 bits per heavy atom. The summed E-state index contributed by atoms with van der Waals surface area (Å²) in [5, 5.41) is 7.79. The number of hydrogen-bond donors (Lipinski definition) is 0. The van der Waals surface area contributed by atoms with Crippen molar-refractivity contribution in [2.75, 3.05) is 14.2 Å². The Labute approximate surface area is 94.5 Å². The maximum absolute atomic E-state index is 11.5. The first-order chi connectivity index (χ1) is 7.41. The van der Waals surface area contributed by atoms with Crippen LogP contribution in [0, 0.1) is 0 Å². The van der Waals surface area contributed by atoms with E-state index in [1.165, 1.54) is 7.11 Å². The fourth-order valence-electron chi connectivity index (χ4n) is 1.36. The van der Waals surface area contributed by atoms with E-state index in [1.54, 1.807) is 11.8 Å². The molecule has 0 N–H and O–H groups in total. The number of ether oxygens (including phenoxy) is 2. The summed E-state index contributed by atoms with van der Waals surface area (Å²) >= 11 is 0. The zero-order valence-corrected chi connectivity index (χ0v) is 10.3. The summed E-state index contributed by atoms with van der Waals surface area (Å²) in [6, 6.07) is 0. The summed E-state index contributed by atoms with van der Waals surface area (Å²) in [5.74, 6) is -0.498. The molecule has 1 aromatic rings. The van der Waals surface area contributed by atoms with Gasteiger partial charge in [0.2, 0.25) is 0 Å². The molecule has 0 spiro atoms. The summed E-state index contributed by atoms with van der Waals surface area (Å²) in [7, 11) is 2.87. The lowest BCUT2D eigenvalue weighted by Gasteiger charge is -2.21. The van der Waals surface area contributed by atoms with Gasteiger partial charge in [-0.3, -0.25) is 0 Å². The normalized spacial score (nSPS) is 11.6. The van der Waals surface area contributed by atoms with E-state index >= 15 is 0 Å². The summed E-state index contributed by atoms with van der Waals surface area (Å²) in [4.78, 5) is 11.5. The minimum atomic E-state index is -0.498. The molecule has 0 aromatic carbocycles. The second kappa shape index (κ2) is 4.61. The van der Waals surface area contributed by atoms with Crippen LogP contribution >= 0.6 is 0 Å². The van der Waals surface area contributed by atoms with E-state index in [4.69, 9.17) is 4.74 Å². The Morgan fingerprint density at radius 1 is 1.38 bits per heavy atom. The molecule has 0 aliphatic rings. The molecule has 0 amide bonds. The molecule has 0 bridgehead atoms. The van der Waals surface area contributed by atoms with Gasteiger partial charge in [-0.05, 0) is 20.8 Å². The third-order valence-electron chi connectivity index (χ3n) is 2.06. The standard InChI is InChI=1S/C10H17N3O3/c1-10(2,3)13-7(6-15-4)8(11-12-13)9(14)16-5/h6H2,1-5H3. The third kappa shape index (κ3) is 2.38. The Morgan fingerprint density at radius 2 is 2.00 bits per heavy atom. The maximum atomic E-state index is 11.5. The minimum Gasteiger partial charge on any atom is -0.464 e. The molecule has 0 atom stereocenters. The predicted octanol–water partition coefficient (Wildman–Crippen LogP) is 0.966. The van der Waals surface area contributed by atoms with E-state index in [2.05, 4.69) is 15.0 Å². The number of carbonyl (C=O) groups is 1. The Balaban J connectivity index is 3.22. The van der Waals surface area contributed by atoms with Crippen molar-refractivity contribution in [2.24, 2.45) is 0 Å². The lowest BCUT2D eigenvalue weighted by atomic mass is 10.1. The lowest BCUT2D eigenvalue weighted by molar-refractivity contribution is 0.0588. The van der Waals surface area contributed by atoms with Gasteiger partial charge < -0.3 is 9.47 Å². The molecule has 6 heteroatoms. The van der Waals surface area contributed by atoms with E-state index in [9.17, 15) is 4.79 Å². The quantitative estimate of drug-likeness (QED) is 0.720. The fraction of sp³-hybridized carbons (Fsp3) is 0.700. The summed E-state index contributed by atoms with van der Waals surface area (Å²) in [6.07, 6.45) is 0. The molecule has 0 aliphatic heterocycles. The number of rotatable bonds is 3. The first-order valence-corrected chi connectivity index (χ1v) is 4.94. The molecule has 1 rings (SSSR count). The second-order valence-corrected chi connectivity index (χ2v) is 4.39. The van der Waals surface area contributed by atoms with E-state index in [0.717, 1.165) is 0 Å². The summed E-state index contributed by atoms with van der Waals surface area (Å²) in [5.41, 5.74) is 0.578. The average molecular weight is 227 g/mol. The van der Waals surface area contributed by atoms with E-state index < -0.39 is 5.97 Å². The van der Waals surface area contributed by atoms with Gasteiger partial charge in [-0.1, -0.05) is 5.21 Å². The monoisotopic (exact) mass is 227 g/mol. The van der Waals surface area contributed by atoms with Crippen molar-refractivity contribution in [1.82, 2.24) is 15.0 Å².